The number of rotatable bonds is 8. The van der Waals surface area contributed by atoms with Gasteiger partial charge in [0.1, 0.15) is 6.61 Å². The van der Waals surface area contributed by atoms with Gasteiger partial charge in [0.25, 0.3) is 0 Å². The van der Waals surface area contributed by atoms with Crippen LogP contribution in [0.3, 0.4) is 0 Å². The fourth-order valence-corrected chi connectivity index (χ4v) is 2.77. The lowest BCUT2D eigenvalue weighted by Gasteiger charge is -2.14. The van der Waals surface area contributed by atoms with Crippen LogP contribution in [0.4, 0.5) is 0 Å². The number of ether oxygens (including phenoxy) is 1. The van der Waals surface area contributed by atoms with E-state index in [4.69, 9.17) is 9.57 Å². The van der Waals surface area contributed by atoms with Gasteiger partial charge >= 0.3 is 5.97 Å². The van der Waals surface area contributed by atoms with Gasteiger partial charge in [-0.15, -0.1) is 0 Å². The van der Waals surface area contributed by atoms with E-state index < -0.39 is 0 Å². The van der Waals surface area contributed by atoms with Gasteiger partial charge in [0.05, 0.1) is 18.4 Å². The Morgan fingerprint density at radius 2 is 1.85 bits per heavy atom. The number of aryl methyl sites for hydroxylation is 1. The van der Waals surface area contributed by atoms with Crippen molar-refractivity contribution in [3.63, 3.8) is 0 Å². The highest BCUT2D eigenvalue weighted by atomic mass is 16.6. The molecule has 0 unspecified atom stereocenters. The van der Waals surface area contributed by atoms with Gasteiger partial charge < -0.3 is 9.57 Å². The summed E-state index contributed by atoms with van der Waals surface area (Å²) in [5.41, 5.74) is 5.22. The van der Waals surface area contributed by atoms with Gasteiger partial charge in [0.15, 0.2) is 0 Å². The van der Waals surface area contributed by atoms with E-state index in [-0.39, 0.29) is 12.6 Å². The maximum Gasteiger partial charge on any atom is 0.338 e. The van der Waals surface area contributed by atoms with E-state index in [9.17, 15) is 4.79 Å². The average molecular weight is 365 g/mol. The van der Waals surface area contributed by atoms with Crippen molar-refractivity contribution < 1.29 is 14.4 Å². The Kier molecular flexibility index (Phi) is 7.80. The molecule has 4 nitrogen and oxygen atoms in total. The zero-order chi connectivity index (χ0) is 19.6. The highest BCUT2D eigenvalue weighted by Crippen LogP contribution is 2.25. The summed E-state index contributed by atoms with van der Waals surface area (Å²) in [6, 6.07) is 15.8. The van der Waals surface area contributed by atoms with E-state index in [1.165, 1.54) is 7.11 Å². The van der Waals surface area contributed by atoms with Crippen LogP contribution in [0.25, 0.3) is 5.57 Å². The van der Waals surface area contributed by atoms with Gasteiger partial charge in [-0.25, -0.2) is 4.79 Å². The van der Waals surface area contributed by atoms with E-state index in [1.54, 1.807) is 0 Å². The minimum Gasteiger partial charge on any atom is -0.465 e. The summed E-state index contributed by atoms with van der Waals surface area (Å²) in [4.78, 5) is 17.9. The topological polar surface area (TPSA) is 47.9 Å². The fourth-order valence-electron chi connectivity index (χ4n) is 2.77. The smallest absolute Gasteiger partial charge is 0.338 e. The summed E-state index contributed by atoms with van der Waals surface area (Å²) in [5, 5.41) is 4.24. The van der Waals surface area contributed by atoms with Crippen molar-refractivity contribution in [2.75, 3.05) is 7.11 Å². The van der Waals surface area contributed by atoms with Crippen molar-refractivity contribution in [2.45, 2.75) is 40.2 Å². The number of carbonyl (C=O) groups is 1. The molecule has 0 atom stereocenters. The highest BCUT2D eigenvalue weighted by Gasteiger charge is 2.17. The predicted octanol–water partition coefficient (Wildman–Crippen LogP) is 5.29. The zero-order valence-electron chi connectivity index (χ0n) is 16.5. The summed E-state index contributed by atoms with van der Waals surface area (Å²) < 4.78 is 4.98. The summed E-state index contributed by atoms with van der Waals surface area (Å²) in [6.45, 7) is 6.28. The van der Waals surface area contributed by atoms with Crippen LogP contribution in [0.1, 0.15) is 48.9 Å². The lowest BCUT2D eigenvalue weighted by Crippen LogP contribution is -2.08. The Labute approximate surface area is 161 Å². The van der Waals surface area contributed by atoms with Gasteiger partial charge in [-0.3, -0.25) is 0 Å². The molecule has 0 bridgehead atoms. The van der Waals surface area contributed by atoms with Crippen LogP contribution in [0.5, 0.6) is 0 Å². The first kappa shape index (κ1) is 20.4. The van der Waals surface area contributed by atoms with Crippen LogP contribution in [0.2, 0.25) is 0 Å². The molecule has 0 spiro atoms. The van der Waals surface area contributed by atoms with Crippen LogP contribution in [0, 0.1) is 6.92 Å². The van der Waals surface area contributed by atoms with E-state index in [1.807, 2.05) is 68.5 Å². The van der Waals surface area contributed by atoms with Crippen LogP contribution in [-0.2, 0) is 21.0 Å². The normalized spacial score (nSPS) is 12.0. The third-order valence-corrected chi connectivity index (χ3v) is 4.34. The molecule has 0 fully saturated rings. The van der Waals surface area contributed by atoms with Crippen molar-refractivity contribution in [3.8, 4) is 0 Å². The molecule has 0 aliphatic carbocycles. The number of nitrogens with zero attached hydrogens (tertiary/aromatic N) is 1. The fraction of sp³-hybridized carbons (Fsp3) is 0.304. The molecule has 2 aromatic carbocycles. The Hall–Kier alpha value is -2.88. The molecule has 2 aromatic rings. The standard InChI is InChI=1S/C23H27NO3/c1-5-6-14-21(23(25)26-4)20-15-10-11-17(2)22(20)16-27-24-18(3)19-12-8-7-9-13-19/h7-15H,5-6,16H2,1-4H3/b21-14-,24-18+. The number of hydrogen-bond donors (Lipinski definition) is 0. The van der Waals surface area contributed by atoms with Crippen molar-refractivity contribution in [1.29, 1.82) is 0 Å². The molecule has 0 aromatic heterocycles. The molecule has 0 amide bonds. The largest absolute Gasteiger partial charge is 0.465 e. The maximum absolute atomic E-state index is 12.3. The number of hydrogen-bond acceptors (Lipinski definition) is 4. The molecule has 0 aliphatic rings. The van der Waals surface area contributed by atoms with Gasteiger partial charge in [0, 0.05) is 5.56 Å². The van der Waals surface area contributed by atoms with Crippen LogP contribution >= 0.6 is 0 Å². The number of methoxy groups -OCH3 is 1. The Morgan fingerprint density at radius 1 is 1.11 bits per heavy atom. The lowest BCUT2D eigenvalue weighted by atomic mass is 9.95. The SMILES string of the molecule is CCC/C=C(\C(=O)OC)c1cccc(C)c1CO/N=C(\C)c1ccccc1. The number of oxime groups is 1. The second-order valence-electron chi connectivity index (χ2n) is 6.32. The second kappa shape index (κ2) is 10.3. The minimum atomic E-state index is -0.334. The molecule has 4 heteroatoms. The van der Waals surface area contributed by atoms with Crippen LogP contribution < -0.4 is 0 Å². The summed E-state index contributed by atoms with van der Waals surface area (Å²) in [5.74, 6) is -0.334. The van der Waals surface area contributed by atoms with Gasteiger partial charge in [-0.05, 0) is 37.0 Å². The molecule has 0 aliphatic heterocycles. The number of allylic oxidation sites excluding steroid dienone is 1. The summed E-state index contributed by atoms with van der Waals surface area (Å²) >= 11 is 0. The number of carbonyl (C=O) groups excluding carboxylic acids is 1. The van der Waals surface area contributed by atoms with E-state index in [2.05, 4.69) is 12.1 Å². The Morgan fingerprint density at radius 3 is 2.52 bits per heavy atom. The molecule has 0 saturated heterocycles. The number of benzene rings is 2. The molecule has 2 rings (SSSR count). The van der Waals surface area contributed by atoms with Crippen LogP contribution in [-0.4, -0.2) is 18.8 Å². The summed E-state index contributed by atoms with van der Waals surface area (Å²) in [6.07, 6.45) is 3.70. The highest BCUT2D eigenvalue weighted by molar-refractivity contribution is 6.16. The van der Waals surface area contributed by atoms with Crippen molar-refractivity contribution in [2.24, 2.45) is 5.16 Å². The first-order valence-electron chi connectivity index (χ1n) is 9.17. The average Bonchev–Trinajstić information content (AvgIpc) is 2.70. The second-order valence-corrected chi connectivity index (χ2v) is 6.32. The minimum absolute atomic E-state index is 0.284. The molecule has 0 saturated carbocycles. The molecular weight excluding hydrogens is 338 g/mol. The summed E-state index contributed by atoms with van der Waals surface area (Å²) in [7, 11) is 1.40. The third kappa shape index (κ3) is 5.55. The molecule has 142 valence electrons. The molecule has 0 N–H and O–H groups in total. The van der Waals surface area contributed by atoms with E-state index in [0.29, 0.717) is 5.57 Å². The van der Waals surface area contributed by atoms with Crippen molar-refractivity contribution in [1.82, 2.24) is 0 Å². The first-order chi connectivity index (χ1) is 13.1. The van der Waals surface area contributed by atoms with E-state index in [0.717, 1.165) is 40.8 Å². The van der Waals surface area contributed by atoms with Gasteiger partial charge in [-0.1, -0.05) is 73.1 Å². The Balaban J connectivity index is 2.28. The predicted molar refractivity (Wildman–Crippen MR) is 110 cm³/mol. The van der Waals surface area contributed by atoms with Gasteiger partial charge in [-0.2, -0.15) is 0 Å². The number of unbranched alkanes of at least 4 members (excludes halogenated alkanes) is 1. The lowest BCUT2D eigenvalue weighted by molar-refractivity contribution is -0.133. The van der Waals surface area contributed by atoms with Crippen molar-refractivity contribution in [3.05, 3.63) is 76.9 Å². The first-order valence-corrected chi connectivity index (χ1v) is 9.17. The molecule has 27 heavy (non-hydrogen) atoms. The maximum atomic E-state index is 12.3. The van der Waals surface area contributed by atoms with E-state index >= 15 is 0 Å². The van der Waals surface area contributed by atoms with Crippen molar-refractivity contribution >= 4 is 17.3 Å². The van der Waals surface area contributed by atoms with Crippen LogP contribution in [0.15, 0.2) is 59.8 Å². The number of esters is 1. The quantitative estimate of drug-likeness (QED) is 0.276. The monoisotopic (exact) mass is 365 g/mol. The third-order valence-electron chi connectivity index (χ3n) is 4.34. The molecule has 0 radical (unpaired) electrons. The molecular formula is C23H27NO3. The zero-order valence-corrected chi connectivity index (χ0v) is 16.5. The van der Waals surface area contributed by atoms with Gasteiger partial charge in [0.2, 0.25) is 0 Å². The Bertz CT molecular complexity index is 823. The molecule has 0 heterocycles.